The number of hydrogen-bond acceptors (Lipinski definition) is 7. The van der Waals surface area contributed by atoms with Crippen LogP contribution in [0.2, 0.25) is 0 Å². The van der Waals surface area contributed by atoms with E-state index < -0.39 is 5.41 Å². The van der Waals surface area contributed by atoms with Gasteiger partial charge in [0, 0.05) is 43.0 Å². The van der Waals surface area contributed by atoms with Crippen LogP contribution in [0.4, 0.5) is 0 Å². The predicted octanol–water partition coefficient (Wildman–Crippen LogP) is 4.39. The Morgan fingerprint density at radius 2 is 1.70 bits per heavy atom. The Labute approximate surface area is 201 Å². The van der Waals surface area contributed by atoms with Gasteiger partial charge in [0.05, 0.1) is 28.7 Å². The van der Waals surface area contributed by atoms with Crippen LogP contribution < -0.4 is 4.74 Å². The molecule has 1 aliphatic rings. The first-order chi connectivity index (χ1) is 16.0. The average Bonchev–Trinajstić information content (AvgIpc) is 3.32. The van der Waals surface area contributed by atoms with Gasteiger partial charge in [0.1, 0.15) is 18.4 Å². The molecule has 172 valence electrons. The molecule has 2 heterocycles. The van der Waals surface area contributed by atoms with Crippen LogP contribution in [-0.2, 0) is 5.41 Å². The lowest BCUT2D eigenvalue weighted by molar-refractivity contribution is 0.114. The van der Waals surface area contributed by atoms with E-state index in [1.165, 1.54) is 11.3 Å². The van der Waals surface area contributed by atoms with E-state index in [2.05, 4.69) is 41.9 Å². The van der Waals surface area contributed by atoms with Crippen LogP contribution in [-0.4, -0.2) is 55.7 Å². The van der Waals surface area contributed by atoms with Crippen molar-refractivity contribution in [1.29, 1.82) is 15.8 Å². The van der Waals surface area contributed by atoms with Crippen molar-refractivity contribution in [2.45, 2.75) is 32.1 Å². The minimum absolute atomic E-state index is 0.193. The van der Waals surface area contributed by atoms with Crippen LogP contribution >= 0.6 is 11.3 Å². The standard InChI is InChI=1S/C26H31N5OS/c1-21(2)26(20-29,25-16-23(18-28)19-33-25)7-4-8-30-9-11-31(12-10-30)13-14-32-24-6-3-5-22(15-24)17-27/h3,5-6,15-16,19,21H,4,7-14H2,1-2H3. The molecule has 0 spiro atoms. The molecule has 1 saturated heterocycles. The fraction of sp³-hybridized carbons (Fsp3) is 0.500. The van der Waals surface area contributed by atoms with Crippen molar-refractivity contribution in [3.05, 3.63) is 51.7 Å². The number of piperazine rings is 1. The summed E-state index contributed by atoms with van der Waals surface area (Å²) in [4.78, 5) is 5.90. The van der Waals surface area contributed by atoms with Gasteiger partial charge in [0.2, 0.25) is 0 Å². The highest BCUT2D eigenvalue weighted by Crippen LogP contribution is 2.40. The van der Waals surface area contributed by atoms with Crippen LogP contribution in [0, 0.1) is 39.9 Å². The number of nitrogens with zero attached hydrogens (tertiary/aromatic N) is 5. The van der Waals surface area contributed by atoms with Crippen molar-refractivity contribution in [2.75, 3.05) is 45.9 Å². The lowest BCUT2D eigenvalue weighted by Gasteiger charge is -2.35. The van der Waals surface area contributed by atoms with E-state index >= 15 is 0 Å². The van der Waals surface area contributed by atoms with Crippen molar-refractivity contribution in [3.8, 4) is 24.0 Å². The van der Waals surface area contributed by atoms with Gasteiger partial charge in [-0.2, -0.15) is 15.8 Å². The molecule has 1 atom stereocenters. The Morgan fingerprint density at radius 1 is 1.00 bits per heavy atom. The summed E-state index contributed by atoms with van der Waals surface area (Å²) in [5.41, 5.74) is 0.735. The number of rotatable bonds is 10. The average molecular weight is 462 g/mol. The maximum absolute atomic E-state index is 10.1. The summed E-state index contributed by atoms with van der Waals surface area (Å²) >= 11 is 1.54. The second-order valence-corrected chi connectivity index (χ2v) is 9.74. The summed E-state index contributed by atoms with van der Waals surface area (Å²) < 4.78 is 5.81. The molecule has 2 aromatic rings. The van der Waals surface area contributed by atoms with Gasteiger partial charge in [-0.1, -0.05) is 19.9 Å². The molecule has 0 N–H and O–H groups in total. The molecule has 1 aliphatic heterocycles. The molecule has 3 rings (SSSR count). The topological polar surface area (TPSA) is 87.1 Å². The van der Waals surface area contributed by atoms with Crippen LogP contribution in [0.15, 0.2) is 35.7 Å². The van der Waals surface area contributed by atoms with Crippen molar-refractivity contribution in [1.82, 2.24) is 9.80 Å². The van der Waals surface area contributed by atoms with Crippen LogP contribution in [0.1, 0.15) is 42.7 Å². The van der Waals surface area contributed by atoms with Crippen LogP contribution in [0.5, 0.6) is 5.75 Å². The lowest BCUT2D eigenvalue weighted by atomic mass is 9.73. The molecule has 1 unspecified atom stereocenters. The van der Waals surface area contributed by atoms with Crippen LogP contribution in [0.3, 0.4) is 0 Å². The summed E-state index contributed by atoms with van der Waals surface area (Å²) in [5, 5.41) is 30.1. The maximum atomic E-state index is 10.1. The molecule has 0 saturated carbocycles. The van der Waals surface area contributed by atoms with E-state index in [1.807, 2.05) is 23.6 Å². The zero-order valence-electron chi connectivity index (χ0n) is 19.5. The second kappa shape index (κ2) is 11.8. The fourth-order valence-corrected chi connectivity index (χ4v) is 5.49. The third kappa shape index (κ3) is 6.34. The van der Waals surface area contributed by atoms with Gasteiger partial charge in [-0.15, -0.1) is 11.3 Å². The van der Waals surface area contributed by atoms with Crippen molar-refractivity contribution in [2.24, 2.45) is 5.92 Å². The Balaban J connectivity index is 1.42. The van der Waals surface area contributed by atoms with E-state index in [1.54, 1.807) is 12.1 Å². The van der Waals surface area contributed by atoms with E-state index in [0.717, 1.165) is 62.7 Å². The van der Waals surface area contributed by atoms with E-state index in [-0.39, 0.29) is 5.92 Å². The third-order valence-corrected chi connectivity index (χ3v) is 7.61. The SMILES string of the molecule is CC(C)C(C#N)(CCCN1CCN(CCOc2cccc(C#N)c2)CC1)c1cc(C#N)cs1. The zero-order valence-corrected chi connectivity index (χ0v) is 20.3. The maximum Gasteiger partial charge on any atom is 0.120 e. The lowest BCUT2D eigenvalue weighted by Crippen LogP contribution is -2.47. The molecular weight excluding hydrogens is 430 g/mol. The van der Waals surface area contributed by atoms with Crippen LogP contribution in [0.25, 0.3) is 0 Å². The Hall–Kier alpha value is -2.89. The monoisotopic (exact) mass is 461 g/mol. The Kier molecular flexibility index (Phi) is 8.87. The van der Waals surface area contributed by atoms with Crippen molar-refractivity contribution >= 4 is 11.3 Å². The zero-order chi connectivity index (χ0) is 23.7. The third-order valence-electron chi connectivity index (χ3n) is 6.50. The van der Waals surface area contributed by atoms with Crippen molar-refractivity contribution < 1.29 is 4.74 Å². The summed E-state index contributed by atoms with van der Waals surface area (Å²) in [6, 6.07) is 16.1. The minimum atomic E-state index is -0.526. The summed E-state index contributed by atoms with van der Waals surface area (Å²) in [7, 11) is 0. The fourth-order valence-electron chi connectivity index (χ4n) is 4.33. The molecule has 33 heavy (non-hydrogen) atoms. The van der Waals surface area contributed by atoms with Gasteiger partial charge in [-0.05, 0) is 49.6 Å². The Bertz CT molecular complexity index is 1040. The summed E-state index contributed by atoms with van der Waals surface area (Å²) in [6.07, 6.45) is 1.77. The Morgan fingerprint density at radius 3 is 2.30 bits per heavy atom. The first-order valence-corrected chi connectivity index (χ1v) is 12.4. The number of hydrogen-bond donors (Lipinski definition) is 0. The highest BCUT2D eigenvalue weighted by atomic mass is 32.1. The normalized spacial score (nSPS) is 16.5. The molecule has 0 bridgehead atoms. The number of nitriles is 3. The largest absolute Gasteiger partial charge is 0.492 e. The molecule has 6 nitrogen and oxygen atoms in total. The second-order valence-electron chi connectivity index (χ2n) is 8.82. The summed E-state index contributed by atoms with van der Waals surface area (Å²) in [6.45, 7) is 10.7. The van der Waals surface area contributed by atoms with E-state index in [0.29, 0.717) is 17.7 Å². The molecule has 1 aromatic carbocycles. The van der Waals surface area contributed by atoms with Crippen molar-refractivity contribution in [3.63, 3.8) is 0 Å². The predicted molar refractivity (Wildman–Crippen MR) is 130 cm³/mol. The molecule has 0 amide bonds. The number of ether oxygens (including phenoxy) is 1. The molecule has 1 fully saturated rings. The quantitative estimate of drug-likeness (QED) is 0.522. The molecule has 0 radical (unpaired) electrons. The van der Waals surface area contributed by atoms with Gasteiger partial charge < -0.3 is 9.64 Å². The molecule has 7 heteroatoms. The smallest absolute Gasteiger partial charge is 0.120 e. The summed E-state index contributed by atoms with van der Waals surface area (Å²) in [5.74, 6) is 0.935. The van der Waals surface area contributed by atoms with Gasteiger partial charge in [0.15, 0.2) is 0 Å². The van der Waals surface area contributed by atoms with Gasteiger partial charge >= 0.3 is 0 Å². The highest BCUT2D eigenvalue weighted by molar-refractivity contribution is 7.10. The van der Waals surface area contributed by atoms with Gasteiger partial charge in [-0.3, -0.25) is 4.90 Å². The van der Waals surface area contributed by atoms with Gasteiger partial charge in [-0.25, -0.2) is 0 Å². The highest BCUT2D eigenvalue weighted by Gasteiger charge is 2.37. The first-order valence-electron chi connectivity index (χ1n) is 11.5. The number of thiophene rings is 1. The first kappa shape index (κ1) is 24.7. The molecular formula is C26H31N5OS. The van der Waals surface area contributed by atoms with E-state index in [4.69, 9.17) is 10.00 Å². The van der Waals surface area contributed by atoms with E-state index in [9.17, 15) is 10.5 Å². The molecule has 1 aromatic heterocycles. The minimum Gasteiger partial charge on any atom is -0.492 e. The number of benzene rings is 1. The van der Waals surface area contributed by atoms with Gasteiger partial charge in [0.25, 0.3) is 0 Å². The molecule has 0 aliphatic carbocycles.